The molecule has 1 N–H and O–H groups in total. The molecule has 7 nitrogen and oxygen atoms in total. The number of Topliss-reactive ketones (excluding diaryl/α,β-unsaturated/α-hetero) is 2. The molecule has 0 saturated carbocycles. The maximum atomic E-state index is 13.1. The number of nitrogens with zero attached hydrogens (tertiary/aromatic N) is 3. The minimum atomic E-state index is -0.0837. The number of methoxy groups -OCH3 is 1. The number of thioether (sulfide) groups is 1. The maximum Gasteiger partial charge on any atom is 0.191 e. The lowest BCUT2D eigenvalue weighted by Gasteiger charge is -2.12. The summed E-state index contributed by atoms with van der Waals surface area (Å²) >= 11 is 1.34. The summed E-state index contributed by atoms with van der Waals surface area (Å²) in [6.45, 7) is 5.78. The van der Waals surface area contributed by atoms with Crippen LogP contribution in [0.3, 0.4) is 0 Å². The van der Waals surface area contributed by atoms with Crippen LogP contribution < -0.4 is 4.74 Å². The first-order chi connectivity index (χ1) is 16.9. The van der Waals surface area contributed by atoms with Gasteiger partial charge in [0.1, 0.15) is 5.75 Å². The van der Waals surface area contributed by atoms with Gasteiger partial charge in [0.2, 0.25) is 0 Å². The lowest BCUT2D eigenvalue weighted by molar-refractivity contribution is 0.101. The van der Waals surface area contributed by atoms with Gasteiger partial charge >= 0.3 is 0 Å². The van der Waals surface area contributed by atoms with E-state index in [1.807, 2.05) is 54.0 Å². The Balaban J connectivity index is 1.62. The molecule has 0 fully saturated rings. The van der Waals surface area contributed by atoms with Gasteiger partial charge < -0.3 is 14.3 Å². The first kappa shape index (κ1) is 24.5. The fourth-order valence-electron chi connectivity index (χ4n) is 4.27. The number of aryl methyl sites for hydroxylation is 2. The maximum absolute atomic E-state index is 13.1. The van der Waals surface area contributed by atoms with Crippen molar-refractivity contribution >= 4 is 23.3 Å². The number of ether oxygens (including phenoxy) is 1. The Kier molecular flexibility index (Phi) is 7.51. The van der Waals surface area contributed by atoms with Crippen LogP contribution in [0.25, 0.3) is 11.4 Å². The summed E-state index contributed by atoms with van der Waals surface area (Å²) in [7, 11) is 1.63. The van der Waals surface area contributed by atoms with Crippen molar-refractivity contribution in [2.24, 2.45) is 0 Å². The van der Waals surface area contributed by atoms with Crippen molar-refractivity contribution in [3.63, 3.8) is 0 Å². The third kappa shape index (κ3) is 5.22. The van der Waals surface area contributed by atoms with Crippen LogP contribution in [0.15, 0.2) is 59.8 Å². The second-order valence-electron chi connectivity index (χ2n) is 8.29. The Morgan fingerprint density at radius 3 is 2.43 bits per heavy atom. The highest BCUT2D eigenvalue weighted by Crippen LogP contribution is 2.31. The van der Waals surface area contributed by atoms with E-state index in [1.165, 1.54) is 24.2 Å². The van der Waals surface area contributed by atoms with Crippen molar-refractivity contribution in [1.82, 2.24) is 19.7 Å². The largest absolute Gasteiger partial charge is 0.496 e. The number of nitrogens with one attached hydrogen (secondary N) is 1. The molecule has 0 atom stereocenters. The molecule has 2 aromatic heterocycles. The summed E-state index contributed by atoms with van der Waals surface area (Å²) in [4.78, 5) is 28.1. The molecule has 0 amide bonds. The van der Waals surface area contributed by atoms with Crippen LogP contribution in [0, 0.1) is 13.8 Å². The van der Waals surface area contributed by atoms with Gasteiger partial charge in [0.05, 0.1) is 24.1 Å². The van der Waals surface area contributed by atoms with Crippen LogP contribution in [-0.4, -0.2) is 44.2 Å². The van der Waals surface area contributed by atoms with Crippen LogP contribution in [0.5, 0.6) is 5.75 Å². The molecule has 4 aromatic rings. The Morgan fingerprint density at radius 2 is 1.74 bits per heavy atom. The van der Waals surface area contributed by atoms with Crippen LogP contribution >= 0.6 is 11.8 Å². The molecule has 180 valence electrons. The van der Waals surface area contributed by atoms with Gasteiger partial charge in [-0.3, -0.25) is 9.59 Å². The highest BCUT2D eigenvalue weighted by molar-refractivity contribution is 7.99. The number of para-hydroxylation sites is 1. The second kappa shape index (κ2) is 10.7. The van der Waals surface area contributed by atoms with E-state index in [1.54, 1.807) is 14.0 Å². The zero-order chi connectivity index (χ0) is 24.9. The predicted octanol–water partition coefficient (Wildman–Crippen LogP) is 5.32. The van der Waals surface area contributed by atoms with Crippen molar-refractivity contribution in [1.29, 1.82) is 0 Å². The monoisotopic (exact) mass is 488 g/mol. The Labute approximate surface area is 208 Å². The van der Waals surface area contributed by atoms with Gasteiger partial charge in [0.15, 0.2) is 22.5 Å². The van der Waals surface area contributed by atoms with E-state index in [4.69, 9.17) is 4.74 Å². The molecule has 4 rings (SSSR count). The Hall–Kier alpha value is -3.65. The third-order valence-electron chi connectivity index (χ3n) is 5.93. The summed E-state index contributed by atoms with van der Waals surface area (Å²) in [5.41, 5.74) is 4.51. The predicted molar refractivity (Wildman–Crippen MR) is 137 cm³/mol. The van der Waals surface area contributed by atoms with Crippen molar-refractivity contribution in [3.05, 3.63) is 82.7 Å². The quantitative estimate of drug-likeness (QED) is 0.240. The van der Waals surface area contributed by atoms with Gasteiger partial charge in [-0.25, -0.2) is 0 Å². The zero-order valence-corrected chi connectivity index (χ0v) is 21.1. The number of rotatable bonds is 10. The number of aromatic amines is 1. The zero-order valence-electron chi connectivity index (χ0n) is 20.3. The molecular weight excluding hydrogens is 460 g/mol. The minimum Gasteiger partial charge on any atom is -0.496 e. The van der Waals surface area contributed by atoms with E-state index in [0.717, 1.165) is 12.0 Å². The van der Waals surface area contributed by atoms with E-state index in [9.17, 15) is 9.59 Å². The Bertz CT molecular complexity index is 1360. The highest BCUT2D eigenvalue weighted by atomic mass is 32.2. The number of carbonyl (C=O) groups is 2. The van der Waals surface area contributed by atoms with Gasteiger partial charge in [0.25, 0.3) is 0 Å². The molecule has 2 aromatic carbocycles. The smallest absolute Gasteiger partial charge is 0.191 e. The first-order valence-electron chi connectivity index (χ1n) is 11.4. The lowest BCUT2D eigenvalue weighted by atomic mass is 10.1. The van der Waals surface area contributed by atoms with Crippen molar-refractivity contribution in [3.8, 4) is 17.1 Å². The van der Waals surface area contributed by atoms with E-state index < -0.39 is 0 Å². The average Bonchev–Trinajstić information content (AvgIpc) is 3.41. The molecule has 35 heavy (non-hydrogen) atoms. The second-order valence-corrected chi connectivity index (χ2v) is 9.23. The van der Waals surface area contributed by atoms with E-state index in [0.29, 0.717) is 45.8 Å². The van der Waals surface area contributed by atoms with Crippen LogP contribution in [0.2, 0.25) is 0 Å². The summed E-state index contributed by atoms with van der Waals surface area (Å²) < 4.78 is 7.59. The molecule has 0 aliphatic rings. The molecule has 0 aliphatic heterocycles. The molecule has 2 heterocycles. The minimum absolute atomic E-state index is 0.0509. The van der Waals surface area contributed by atoms with Crippen molar-refractivity contribution in [2.45, 2.75) is 38.9 Å². The lowest BCUT2D eigenvalue weighted by Crippen LogP contribution is -2.09. The fraction of sp³-hybridized carbons (Fsp3) is 0.259. The number of carbonyl (C=O) groups excluding carboxylic acids is 2. The molecule has 0 saturated heterocycles. The summed E-state index contributed by atoms with van der Waals surface area (Å²) in [5.74, 6) is 1.44. The van der Waals surface area contributed by atoms with Crippen molar-refractivity contribution in [2.75, 3.05) is 12.9 Å². The summed E-state index contributed by atoms with van der Waals surface area (Å²) in [6.07, 6.45) is 0.791. The van der Waals surface area contributed by atoms with Gasteiger partial charge in [0, 0.05) is 17.8 Å². The van der Waals surface area contributed by atoms with E-state index in [-0.39, 0.29) is 17.3 Å². The molecule has 8 heteroatoms. The van der Waals surface area contributed by atoms with Gasteiger partial charge in [-0.1, -0.05) is 54.2 Å². The summed E-state index contributed by atoms with van der Waals surface area (Å²) in [6, 6.07) is 17.9. The van der Waals surface area contributed by atoms with Crippen LogP contribution in [-0.2, 0) is 13.0 Å². The normalized spacial score (nSPS) is 11.0. The number of hydrogen-bond acceptors (Lipinski definition) is 6. The third-order valence-corrected chi connectivity index (χ3v) is 6.90. The van der Waals surface area contributed by atoms with E-state index in [2.05, 4.69) is 27.3 Å². The molecule has 0 radical (unpaired) electrons. The van der Waals surface area contributed by atoms with Crippen LogP contribution in [0.1, 0.15) is 44.6 Å². The van der Waals surface area contributed by atoms with Gasteiger partial charge in [-0.15, -0.1) is 10.2 Å². The number of H-pyrrole nitrogens is 1. The fourth-order valence-corrected chi connectivity index (χ4v) is 5.11. The standard InChI is InChI=1S/C27H28N4O3S/c1-17-24(19(3)32)18(2)28-25(17)22(33)16-35-27-30-29-26(21-12-8-9-13-23(21)34-4)31(27)15-14-20-10-6-5-7-11-20/h5-13,28H,14-16H2,1-4H3. The number of hydrogen-bond donors (Lipinski definition) is 1. The highest BCUT2D eigenvalue weighted by Gasteiger charge is 2.22. The molecule has 0 unspecified atom stereocenters. The average molecular weight is 489 g/mol. The number of ketones is 2. The molecule has 0 spiro atoms. The van der Waals surface area contributed by atoms with Gasteiger partial charge in [-0.2, -0.15) is 0 Å². The topological polar surface area (TPSA) is 89.9 Å². The number of aromatic nitrogens is 4. The van der Waals surface area contributed by atoms with Crippen LogP contribution in [0.4, 0.5) is 0 Å². The van der Waals surface area contributed by atoms with Gasteiger partial charge in [-0.05, 0) is 50.5 Å². The summed E-state index contributed by atoms with van der Waals surface area (Å²) in [5, 5.41) is 9.54. The van der Waals surface area contributed by atoms with Crippen molar-refractivity contribution < 1.29 is 14.3 Å². The molecular formula is C27H28N4O3S. The number of benzene rings is 2. The SMILES string of the molecule is COc1ccccc1-c1nnc(SCC(=O)c2[nH]c(C)c(C(C)=O)c2C)n1CCc1ccccc1. The Morgan fingerprint density at radius 1 is 1.03 bits per heavy atom. The van der Waals surface area contributed by atoms with E-state index >= 15 is 0 Å². The molecule has 0 aliphatic carbocycles. The molecule has 0 bridgehead atoms. The first-order valence-corrected chi connectivity index (χ1v) is 12.4.